The smallest absolute Gasteiger partial charge is 0.265 e. The van der Waals surface area contributed by atoms with Crippen molar-refractivity contribution >= 4 is 5.91 Å². The maximum Gasteiger partial charge on any atom is 0.265 e. The number of carbonyl (C=O) groups is 1. The maximum atomic E-state index is 10.7. The highest BCUT2D eigenvalue weighted by Crippen LogP contribution is 1.93. The van der Waals surface area contributed by atoms with E-state index in [4.69, 9.17) is 5.84 Å². The molecule has 0 aliphatic heterocycles. The van der Waals surface area contributed by atoms with Gasteiger partial charge in [0.25, 0.3) is 5.91 Å². The molecule has 5 heteroatoms. The first-order chi connectivity index (χ1) is 4.84. The van der Waals surface area contributed by atoms with Crippen LogP contribution in [0.25, 0.3) is 0 Å². The molecular weight excluding hydrogens is 144 g/mol. The lowest BCUT2D eigenvalue weighted by Crippen LogP contribution is -2.29. The Balaban J connectivity index is 0.000001000. The van der Waals surface area contributed by atoms with Gasteiger partial charge in [-0.2, -0.15) is 0 Å². The zero-order valence-corrected chi connectivity index (χ0v) is 5.95. The number of hydrogen-bond acceptors (Lipinski definition) is 4. The Kier molecular flexibility index (Phi) is 3.79. The molecular formula is C6H10N4O. The normalized spacial score (nSPS) is 8.09. The fourth-order valence-electron chi connectivity index (χ4n) is 0.587. The van der Waals surface area contributed by atoms with Gasteiger partial charge in [0.1, 0.15) is 0 Å². The van der Waals surface area contributed by atoms with Crippen molar-refractivity contribution in [3.8, 4) is 0 Å². The second-order valence-electron chi connectivity index (χ2n) is 1.71. The molecule has 1 amide bonds. The van der Waals surface area contributed by atoms with Crippen LogP contribution in [0.2, 0.25) is 0 Å². The molecule has 6 N–H and O–H groups in total. The minimum absolute atomic E-state index is 0. The first kappa shape index (κ1) is 9.54. The molecule has 60 valence electrons. The van der Waals surface area contributed by atoms with Gasteiger partial charge in [-0.3, -0.25) is 15.2 Å². The molecule has 0 radical (unpaired) electrons. The molecule has 0 atom stereocenters. The zero-order chi connectivity index (χ0) is 7.40. The van der Waals surface area contributed by atoms with Crippen LogP contribution in [0.5, 0.6) is 0 Å². The molecule has 0 spiro atoms. The predicted molar refractivity (Wildman–Crippen MR) is 40.9 cm³/mol. The second-order valence-corrected chi connectivity index (χ2v) is 1.71. The first-order valence-corrected chi connectivity index (χ1v) is 2.75. The molecule has 11 heavy (non-hydrogen) atoms. The molecule has 0 fully saturated rings. The Bertz CT molecular complexity index is 223. The Morgan fingerprint density at radius 1 is 1.45 bits per heavy atom. The number of carbonyl (C=O) groups excluding carboxylic acids is 1. The molecule has 0 aliphatic rings. The monoisotopic (exact) mass is 154 g/mol. The number of nitrogens with zero attached hydrogens (tertiary/aromatic N) is 1. The van der Waals surface area contributed by atoms with Gasteiger partial charge in [0.2, 0.25) is 0 Å². The lowest BCUT2D eigenvalue weighted by molar-refractivity contribution is 0.0953. The van der Waals surface area contributed by atoms with Crippen molar-refractivity contribution < 1.29 is 4.79 Å². The first-order valence-electron chi connectivity index (χ1n) is 2.75. The minimum atomic E-state index is -0.303. The van der Waals surface area contributed by atoms with Gasteiger partial charge in [0.15, 0.2) is 0 Å². The summed E-state index contributed by atoms with van der Waals surface area (Å²) in [6.07, 6.45) is 3.06. The van der Waals surface area contributed by atoms with Crippen LogP contribution in [0.1, 0.15) is 10.4 Å². The molecule has 1 heterocycles. The van der Waals surface area contributed by atoms with Gasteiger partial charge in [-0.25, -0.2) is 5.84 Å². The van der Waals surface area contributed by atoms with Crippen LogP contribution in [0.3, 0.4) is 0 Å². The van der Waals surface area contributed by atoms with E-state index in [0.717, 1.165) is 0 Å². The number of hydrogen-bond donors (Lipinski definition) is 3. The highest BCUT2D eigenvalue weighted by atomic mass is 16.2. The minimum Gasteiger partial charge on any atom is -0.344 e. The summed E-state index contributed by atoms with van der Waals surface area (Å²) in [7, 11) is 0. The van der Waals surface area contributed by atoms with E-state index in [-0.39, 0.29) is 12.1 Å². The van der Waals surface area contributed by atoms with Gasteiger partial charge >= 0.3 is 0 Å². The quantitative estimate of drug-likeness (QED) is 0.297. The summed E-state index contributed by atoms with van der Waals surface area (Å²) in [6.45, 7) is 0. The SMILES string of the molecule is N.NNC(=O)c1ccncc1. The summed E-state index contributed by atoms with van der Waals surface area (Å²) in [5, 5.41) is 0. The average Bonchev–Trinajstić information content (AvgIpc) is 2.05. The number of rotatable bonds is 1. The van der Waals surface area contributed by atoms with Crippen LogP contribution < -0.4 is 17.4 Å². The fraction of sp³-hybridized carbons (Fsp3) is 0. The maximum absolute atomic E-state index is 10.7. The van der Waals surface area contributed by atoms with Crippen LogP contribution >= 0.6 is 0 Å². The number of pyridine rings is 1. The van der Waals surface area contributed by atoms with E-state index >= 15 is 0 Å². The van der Waals surface area contributed by atoms with Gasteiger partial charge < -0.3 is 6.15 Å². The van der Waals surface area contributed by atoms with Crippen molar-refractivity contribution in [2.24, 2.45) is 5.84 Å². The van der Waals surface area contributed by atoms with Gasteiger partial charge in [-0.1, -0.05) is 0 Å². The molecule has 0 saturated carbocycles. The lowest BCUT2D eigenvalue weighted by Gasteiger charge is -1.95. The van der Waals surface area contributed by atoms with Crippen LogP contribution in [-0.4, -0.2) is 10.9 Å². The van der Waals surface area contributed by atoms with E-state index < -0.39 is 0 Å². The van der Waals surface area contributed by atoms with Gasteiger partial charge in [-0.05, 0) is 12.1 Å². The average molecular weight is 154 g/mol. The number of amides is 1. The van der Waals surface area contributed by atoms with E-state index in [1.54, 1.807) is 12.1 Å². The zero-order valence-electron chi connectivity index (χ0n) is 5.95. The number of nitrogen functional groups attached to an aromatic ring is 1. The van der Waals surface area contributed by atoms with E-state index in [2.05, 4.69) is 4.98 Å². The van der Waals surface area contributed by atoms with Gasteiger partial charge in [0, 0.05) is 18.0 Å². The van der Waals surface area contributed by atoms with Crippen molar-refractivity contribution in [1.29, 1.82) is 0 Å². The largest absolute Gasteiger partial charge is 0.344 e. The van der Waals surface area contributed by atoms with Crippen LogP contribution in [0.15, 0.2) is 24.5 Å². The molecule has 0 aliphatic carbocycles. The summed E-state index contributed by atoms with van der Waals surface area (Å²) in [5.74, 6) is 4.58. The second kappa shape index (κ2) is 4.37. The molecule has 0 saturated heterocycles. The van der Waals surface area contributed by atoms with Crippen LogP contribution in [-0.2, 0) is 0 Å². The van der Waals surface area contributed by atoms with Gasteiger partial charge in [-0.15, -0.1) is 0 Å². The Morgan fingerprint density at radius 3 is 2.45 bits per heavy atom. The summed E-state index contributed by atoms with van der Waals surface area (Å²) in [6, 6.07) is 3.17. The third-order valence-electron chi connectivity index (χ3n) is 1.07. The lowest BCUT2D eigenvalue weighted by atomic mass is 10.3. The van der Waals surface area contributed by atoms with Crippen molar-refractivity contribution in [2.45, 2.75) is 0 Å². The summed E-state index contributed by atoms with van der Waals surface area (Å²) in [5.41, 5.74) is 2.53. The highest BCUT2D eigenvalue weighted by molar-refractivity contribution is 5.93. The third kappa shape index (κ3) is 2.32. The van der Waals surface area contributed by atoms with Crippen molar-refractivity contribution in [3.05, 3.63) is 30.1 Å². The molecule has 1 rings (SSSR count). The third-order valence-corrected chi connectivity index (χ3v) is 1.07. The highest BCUT2D eigenvalue weighted by Gasteiger charge is 1.98. The van der Waals surface area contributed by atoms with E-state index in [0.29, 0.717) is 5.56 Å². The molecule has 1 aromatic rings. The summed E-state index contributed by atoms with van der Waals surface area (Å²) in [4.78, 5) is 14.5. The number of nitrogens with two attached hydrogens (primary N) is 1. The van der Waals surface area contributed by atoms with E-state index in [1.165, 1.54) is 12.4 Å². The molecule has 0 unspecified atom stereocenters. The van der Waals surface area contributed by atoms with Crippen LogP contribution in [0.4, 0.5) is 0 Å². The number of nitrogens with one attached hydrogen (secondary N) is 1. The molecule has 5 nitrogen and oxygen atoms in total. The predicted octanol–water partition coefficient (Wildman–Crippen LogP) is -0.153. The Hall–Kier alpha value is -1.46. The molecule has 1 aromatic heterocycles. The van der Waals surface area contributed by atoms with Crippen molar-refractivity contribution in [2.75, 3.05) is 0 Å². The summed E-state index contributed by atoms with van der Waals surface area (Å²) < 4.78 is 0. The Morgan fingerprint density at radius 2 is 2.00 bits per heavy atom. The topological polar surface area (TPSA) is 103 Å². The van der Waals surface area contributed by atoms with Crippen molar-refractivity contribution in [3.63, 3.8) is 0 Å². The van der Waals surface area contributed by atoms with E-state index in [9.17, 15) is 4.79 Å². The summed E-state index contributed by atoms with van der Waals surface area (Å²) >= 11 is 0. The standard InChI is InChI=1S/C6H7N3O.H3N/c7-9-6(10)5-1-3-8-4-2-5;/h1-4H,7H2,(H,9,10);1H3. The number of aromatic nitrogens is 1. The molecule has 0 bridgehead atoms. The van der Waals surface area contributed by atoms with Gasteiger partial charge in [0.05, 0.1) is 0 Å². The van der Waals surface area contributed by atoms with Crippen molar-refractivity contribution in [1.82, 2.24) is 16.6 Å². The molecule has 0 aromatic carbocycles. The van der Waals surface area contributed by atoms with Crippen LogP contribution in [0, 0.1) is 0 Å². The fourth-order valence-corrected chi connectivity index (χ4v) is 0.587. The van der Waals surface area contributed by atoms with E-state index in [1.807, 2.05) is 5.43 Å². The number of hydrazine groups is 1. The Labute approximate surface area is 64.2 Å².